The molecule has 160 valence electrons. The molecule has 1 fully saturated rings. The van der Waals surface area contributed by atoms with Crippen LogP contribution in [-0.4, -0.2) is 29.7 Å². The zero-order valence-corrected chi connectivity index (χ0v) is 17.2. The van der Waals surface area contributed by atoms with Crippen LogP contribution in [0.1, 0.15) is 39.1 Å². The van der Waals surface area contributed by atoms with Crippen molar-refractivity contribution in [2.45, 2.75) is 12.8 Å². The van der Waals surface area contributed by atoms with Gasteiger partial charge in [-0.2, -0.15) is 5.26 Å². The van der Waals surface area contributed by atoms with Gasteiger partial charge in [-0.15, -0.1) is 0 Å². The molecule has 0 radical (unpaired) electrons. The molecule has 6 heteroatoms. The molecular weight excluding hydrogens is 410 g/mol. The number of nitriles is 1. The fourth-order valence-electron chi connectivity index (χ4n) is 4.14. The van der Waals surface area contributed by atoms with Crippen LogP contribution in [0.5, 0.6) is 0 Å². The first kappa shape index (κ1) is 21.4. The third-order valence-electron chi connectivity index (χ3n) is 5.84. The van der Waals surface area contributed by atoms with Crippen LogP contribution in [0.4, 0.5) is 8.78 Å². The van der Waals surface area contributed by atoms with Crippen LogP contribution >= 0.6 is 0 Å². The molecule has 0 spiro atoms. The quantitative estimate of drug-likeness (QED) is 0.532. The topological polar surface area (TPSA) is 61.2 Å². The summed E-state index contributed by atoms with van der Waals surface area (Å²) in [6, 6.07) is 19.3. The molecule has 0 bridgehead atoms. The number of nitrogens with zero attached hydrogens (tertiary/aromatic N) is 2. The predicted octanol–water partition coefficient (Wildman–Crippen LogP) is 5.24. The van der Waals surface area contributed by atoms with Gasteiger partial charge in [-0.3, -0.25) is 9.59 Å². The van der Waals surface area contributed by atoms with Crippen molar-refractivity contribution in [2.75, 3.05) is 13.1 Å². The van der Waals surface area contributed by atoms with Crippen LogP contribution in [0.2, 0.25) is 0 Å². The van der Waals surface area contributed by atoms with Crippen molar-refractivity contribution < 1.29 is 18.4 Å². The Labute approximate surface area is 184 Å². The summed E-state index contributed by atoms with van der Waals surface area (Å²) in [6.45, 7) is 0.667. The summed E-state index contributed by atoms with van der Waals surface area (Å²) in [5.41, 5.74) is 2.08. The number of benzene rings is 3. The number of hydrogen-bond donors (Lipinski definition) is 0. The van der Waals surface area contributed by atoms with E-state index in [9.17, 15) is 23.6 Å². The zero-order chi connectivity index (χ0) is 22.7. The average Bonchev–Trinajstić information content (AvgIpc) is 2.84. The van der Waals surface area contributed by atoms with Crippen molar-refractivity contribution in [1.82, 2.24) is 4.90 Å². The van der Waals surface area contributed by atoms with E-state index in [0.717, 1.165) is 18.2 Å². The molecule has 1 aliphatic rings. The van der Waals surface area contributed by atoms with Gasteiger partial charge in [0.05, 0.1) is 17.2 Å². The second kappa shape index (κ2) is 9.11. The number of amides is 1. The first-order valence-corrected chi connectivity index (χ1v) is 10.4. The predicted molar refractivity (Wildman–Crippen MR) is 116 cm³/mol. The summed E-state index contributed by atoms with van der Waals surface area (Å²) < 4.78 is 27.5. The Bertz CT molecular complexity index is 1220. The lowest BCUT2D eigenvalue weighted by Crippen LogP contribution is -2.40. The SMILES string of the molecule is N#Cc1ccccc1-c1ccccc1C(=O)N1CCC(C(=O)c2cc(F)ccc2F)CC1. The van der Waals surface area contributed by atoms with Gasteiger partial charge in [-0.1, -0.05) is 36.4 Å². The lowest BCUT2D eigenvalue weighted by molar-refractivity contribution is 0.0649. The number of halogens is 2. The summed E-state index contributed by atoms with van der Waals surface area (Å²) in [4.78, 5) is 27.6. The van der Waals surface area contributed by atoms with E-state index >= 15 is 0 Å². The van der Waals surface area contributed by atoms with E-state index in [0.29, 0.717) is 48.2 Å². The van der Waals surface area contributed by atoms with E-state index in [1.165, 1.54) is 0 Å². The van der Waals surface area contributed by atoms with Crippen molar-refractivity contribution in [2.24, 2.45) is 5.92 Å². The van der Waals surface area contributed by atoms with Crippen LogP contribution in [0.15, 0.2) is 66.7 Å². The molecule has 0 unspecified atom stereocenters. The highest BCUT2D eigenvalue weighted by Gasteiger charge is 2.30. The molecule has 4 nitrogen and oxygen atoms in total. The Morgan fingerprint density at radius 1 is 0.875 bits per heavy atom. The van der Waals surface area contributed by atoms with E-state index in [-0.39, 0.29) is 11.5 Å². The maximum atomic E-state index is 14.0. The maximum Gasteiger partial charge on any atom is 0.254 e. The zero-order valence-electron chi connectivity index (χ0n) is 17.2. The highest BCUT2D eigenvalue weighted by atomic mass is 19.1. The Morgan fingerprint density at radius 2 is 1.53 bits per heavy atom. The van der Waals surface area contributed by atoms with E-state index in [4.69, 9.17) is 0 Å². The third kappa shape index (κ3) is 4.15. The van der Waals surface area contributed by atoms with Gasteiger partial charge in [0.15, 0.2) is 5.78 Å². The number of piperidine rings is 1. The van der Waals surface area contributed by atoms with Crippen molar-refractivity contribution >= 4 is 11.7 Å². The van der Waals surface area contributed by atoms with Gasteiger partial charge in [0.2, 0.25) is 0 Å². The third-order valence-corrected chi connectivity index (χ3v) is 5.84. The van der Waals surface area contributed by atoms with Gasteiger partial charge in [-0.05, 0) is 48.7 Å². The van der Waals surface area contributed by atoms with Gasteiger partial charge < -0.3 is 4.90 Å². The first-order valence-electron chi connectivity index (χ1n) is 10.4. The summed E-state index contributed by atoms with van der Waals surface area (Å²) in [7, 11) is 0. The highest BCUT2D eigenvalue weighted by molar-refractivity contribution is 6.02. The van der Waals surface area contributed by atoms with Gasteiger partial charge in [-0.25, -0.2) is 8.78 Å². The number of likely N-dealkylation sites (tertiary alicyclic amines) is 1. The van der Waals surface area contributed by atoms with Crippen LogP contribution in [0.3, 0.4) is 0 Å². The standard InChI is InChI=1S/C26H20F2N2O2/c27-19-9-10-24(28)23(15-19)25(31)17-11-13-30(14-12-17)26(32)22-8-4-3-7-21(22)20-6-2-1-5-18(20)16-29/h1-10,15,17H,11-14H2. The van der Waals surface area contributed by atoms with Crippen LogP contribution < -0.4 is 0 Å². The number of carbonyl (C=O) groups is 2. The van der Waals surface area contributed by atoms with Gasteiger partial charge in [0, 0.05) is 30.1 Å². The number of ketones is 1. The molecular formula is C26H20F2N2O2. The summed E-state index contributed by atoms with van der Waals surface area (Å²) in [6.07, 6.45) is 0.745. The minimum atomic E-state index is -0.736. The molecule has 1 saturated heterocycles. The molecule has 0 aliphatic carbocycles. The molecule has 32 heavy (non-hydrogen) atoms. The van der Waals surface area contributed by atoms with Crippen molar-refractivity contribution in [3.8, 4) is 17.2 Å². The number of hydrogen-bond acceptors (Lipinski definition) is 3. The van der Waals surface area contributed by atoms with Crippen molar-refractivity contribution in [1.29, 1.82) is 5.26 Å². The van der Waals surface area contributed by atoms with Gasteiger partial charge in [0.1, 0.15) is 11.6 Å². The number of carbonyl (C=O) groups excluding carboxylic acids is 2. The van der Waals surface area contributed by atoms with E-state index < -0.39 is 23.3 Å². The lowest BCUT2D eigenvalue weighted by atomic mass is 9.88. The largest absolute Gasteiger partial charge is 0.339 e. The second-order valence-corrected chi connectivity index (χ2v) is 7.76. The van der Waals surface area contributed by atoms with Crippen LogP contribution in [0, 0.1) is 28.9 Å². The minimum Gasteiger partial charge on any atom is -0.339 e. The highest BCUT2D eigenvalue weighted by Crippen LogP contribution is 2.30. The number of rotatable bonds is 4. The molecule has 0 saturated carbocycles. The van der Waals surface area contributed by atoms with Crippen molar-refractivity contribution in [3.05, 3.63) is 95.1 Å². The molecule has 0 N–H and O–H groups in total. The monoisotopic (exact) mass is 430 g/mol. The summed E-state index contributed by atoms with van der Waals surface area (Å²) in [5, 5.41) is 9.44. The van der Waals surface area contributed by atoms with Gasteiger partial charge in [0.25, 0.3) is 5.91 Å². The molecule has 1 heterocycles. The fraction of sp³-hybridized carbons (Fsp3) is 0.192. The van der Waals surface area contributed by atoms with E-state index in [1.807, 2.05) is 24.3 Å². The smallest absolute Gasteiger partial charge is 0.254 e. The lowest BCUT2D eigenvalue weighted by Gasteiger charge is -2.32. The van der Waals surface area contributed by atoms with E-state index in [2.05, 4.69) is 6.07 Å². The van der Waals surface area contributed by atoms with E-state index in [1.54, 1.807) is 29.2 Å². The molecule has 1 amide bonds. The first-order chi connectivity index (χ1) is 15.5. The normalized spacial score (nSPS) is 14.1. The molecule has 3 aromatic carbocycles. The van der Waals surface area contributed by atoms with Gasteiger partial charge >= 0.3 is 0 Å². The Morgan fingerprint density at radius 3 is 2.25 bits per heavy atom. The molecule has 0 aromatic heterocycles. The van der Waals surface area contributed by atoms with Crippen LogP contribution in [-0.2, 0) is 0 Å². The molecule has 0 atom stereocenters. The van der Waals surface area contributed by atoms with Crippen LogP contribution in [0.25, 0.3) is 11.1 Å². The summed E-state index contributed by atoms with van der Waals surface area (Å²) in [5.74, 6) is -2.48. The Hall–Kier alpha value is -3.85. The maximum absolute atomic E-state index is 14.0. The second-order valence-electron chi connectivity index (χ2n) is 7.76. The number of Topliss-reactive ketones (excluding diaryl/α,β-unsaturated/α-hetero) is 1. The molecule has 1 aliphatic heterocycles. The average molecular weight is 430 g/mol. The Kier molecular flexibility index (Phi) is 6.09. The molecule has 4 rings (SSSR count). The van der Waals surface area contributed by atoms with Crippen molar-refractivity contribution in [3.63, 3.8) is 0 Å². The fourth-order valence-corrected chi connectivity index (χ4v) is 4.14. The Balaban J connectivity index is 1.52. The molecule has 3 aromatic rings. The minimum absolute atomic E-state index is 0.184. The summed E-state index contributed by atoms with van der Waals surface area (Å²) >= 11 is 0.